The van der Waals surface area contributed by atoms with Crippen LogP contribution in [-0.2, 0) is 4.79 Å². The van der Waals surface area contributed by atoms with Crippen molar-refractivity contribution < 1.29 is 9.72 Å². The lowest BCUT2D eigenvalue weighted by Gasteiger charge is -2.21. The number of nitrogens with zero attached hydrogens (tertiary/aromatic N) is 3. The molecular formula is C11H18N6O3. The van der Waals surface area contributed by atoms with Gasteiger partial charge in [0.15, 0.2) is 0 Å². The van der Waals surface area contributed by atoms with Crippen molar-refractivity contribution in [3.05, 3.63) is 16.4 Å². The van der Waals surface area contributed by atoms with Crippen molar-refractivity contribution in [2.24, 2.45) is 11.1 Å². The minimum atomic E-state index is -0.850. The van der Waals surface area contributed by atoms with Crippen molar-refractivity contribution in [1.82, 2.24) is 9.97 Å². The summed E-state index contributed by atoms with van der Waals surface area (Å²) in [4.78, 5) is 29.5. The van der Waals surface area contributed by atoms with Gasteiger partial charge in [-0.3, -0.25) is 14.9 Å². The Bertz CT molecular complexity index is 517. The van der Waals surface area contributed by atoms with Gasteiger partial charge < -0.3 is 16.4 Å². The summed E-state index contributed by atoms with van der Waals surface area (Å²) >= 11 is 0. The van der Waals surface area contributed by atoms with E-state index < -0.39 is 16.2 Å². The van der Waals surface area contributed by atoms with Gasteiger partial charge in [-0.2, -0.15) is 0 Å². The minimum absolute atomic E-state index is 0.0512. The molecule has 9 heteroatoms. The lowest BCUT2D eigenvalue weighted by Crippen LogP contribution is -2.37. The van der Waals surface area contributed by atoms with E-state index >= 15 is 0 Å². The highest BCUT2D eigenvalue weighted by Crippen LogP contribution is 2.29. The summed E-state index contributed by atoms with van der Waals surface area (Å²) in [5.74, 6) is -0.323. The number of nitro groups is 1. The average Bonchev–Trinajstić information content (AvgIpc) is 2.36. The molecule has 1 amide bonds. The quantitative estimate of drug-likeness (QED) is 0.495. The second kappa shape index (κ2) is 6.13. The average molecular weight is 282 g/mol. The number of nitrogens with one attached hydrogen (secondary N) is 2. The van der Waals surface area contributed by atoms with E-state index in [0.717, 1.165) is 0 Å². The highest BCUT2D eigenvalue weighted by molar-refractivity contribution is 5.81. The molecule has 110 valence electrons. The molecule has 9 nitrogen and oxygen atoms in total. The third kappa shape index (κ3) is 3.53. The maximum Gasteiger partial charge on any atom is 0.353 e. The predicted octanol–water partition coefficient (Wildman–Crippen LogP) is 0.740. The predicted molar refractivity (Wildman–Crippen MR) is 74.3 cm³/mol. The number of hydrogen-bond donors (Lipinski definition) is 3. The van der Waals surface area contributed by atoms with Crippen LogP contribution in [0.5, 0.6) is 0 Å². The Hall–Kier alpha value is -2.45. The van der Waals surface area contributed by atoms with Crippen molar-refractivity contribution in [2.75, 3.05) is 23.7 Å². The van der Waals surface area contributed by atoms with Crippen LogP contribution in [0.2, 0.25) is 0 Å². The summed E-state index contributed by atoms with van der Waals surface area (Å²) in [6, 6.07) is 0. The first-order chi connectivity index (χ1) is 9.29. The Morgan fingerprint density at radius 3 is 2.40 bits per heavy atom. The second-order valence-corrected chi connectivity index (χ2v) is 4.81. The number of carbonyl (C=O) groups excluding carboxylic acids is 1. The zero-order valence-electron chi connectivity index (χ0n) is 11.6. The van der Waals surface area contributed by atoms with E-state index in [-0.39, 0.29) is 23.9 Å². The molecule has 0 bridgehead atoms. The van der Waals surface area contributed by atoms with Gasteiger partial charge in [0, 0.05) is 13.1 Å². The smallest absolute Gasteiger partial charge is 0.353 e. The van der Waals surface area contributed by atoms with Gasteiger partial charge >= 0.3 is 5.69 Å². The standard InChI is InChI=1S/C11H18N6O3/c1-4-13-8-7(17(19)20)9(16-6-15-8)14-5-11(2,3)10(12)18/h6H,4-5H2,1-3H3,(H2,12,18)(H2,13,14,15,16). The number of carbonyl (C=O) groups is 1. The fourth-order valence-electron chi connectivity index (χ4n) is 1.37. The molecule has 20 heavy (non-hydrogen) atoms. The molecular weight excluding hydrogens is 264 g/mol. The van der Waals surface area contributed by atoms with Crippen molar-refractivity contribution in [3.63, 3.8) is 0 Å². The summed E-state index contributed by atoms with van der Waals surface area (Å²) in [5, 5.41) is 16.7. The largest absolute Gasteiger partial charge is 0.369 e. The second-order valence-electron chi connectivity index (χ2n) is 4.81. The summed E-state index contributed by atoms with van der Waals surface area (Å²) in [7, 11) is 0. The number of nitrogens with two attached hydrogens (primary N) is 1. The Kier molecular flexibility index (Phi) is 4.78. The van der Waals surface area contributed by atoms with Gasteiger partial charge in [0.2, 0.25) is 17.5 Å². The van der Waals surface area contributed by atoms with Gasteiger partial charge in [0.05, 0.1) is 10.3 Å². The fourth-order valence-corrected chi connectivity index (χ4v) is 1.37. The number of primary amides is 1. The van der Waals surface area contributed by atoms with E-state index in [1.54, 1.807) is 20.8 Å². The molecule has 0 saturated carbocycles. The molecule has 0 aromatic carbocycles. The molecule has 0 atom stereocenters. The minimum Gasteiger partial charge on any atom is -0.369 e. The molecule has 0 fully saturated rings. The molecule has 1 rings (SSSR count). The lowest BCUT2D eigenvalue weighted by atomic mass is 9.93. The van der Waals surface area contributed by atoms with Gasteiger partial charge in [0.1, 0.15) is 6.33 Å². The van der Waals surface area contributed by atoms with Crippen LogP contribution in [0.1, 0.15) is 20.8 Å². The monoisotopic (exact) mass is 282 g/mol. The highest BCUT2D eigenvalue weighted by atomic mass is 16.6. The molecule has 0 radical (unpaired) electrons. The molecule has 4 N–H and O–H groups in total. The number of aromatic nitrogens is 2. The first-order valence-electron chi connectivity index (χ1n) is 6.06. The number of amides is 1. The first-order valence-corrected chi connectivity index (χ1v) is 6.06. The molecule has 1 aromatic heterocycles. The van der Waals surface area contributed by atoms with E-state index in [9.17, 15) is 14.9 Å². The van der Waals surface area contributed by atoms with Crippen LogP contribution in [-0.4, -0.2) is 33.9 Å². The third-order valence-electron chi connectivity index (χ3n) is 2.71. The third-order valence-corrected chi connectivity index (χ3v) is 2.71. The van der Waals surface area contributed by atoms with Crippen molar-refractivity contribution in [2.45, 2.75) is 20.8 Å². The normalized spacial score (nSPS) is 10.9. The lowest BCUT2D eigenvalue weighted by molar-refractivity contribution is -0.383. The van der Waals surface area contributed by atoms with Crippen LogP contribution in [0, 0.1) is 15.5 Å². The molecule has 0 aliphatic rings. The zero-order valence-corrected chi connectivity index (χ0v) is 11.6. The molecule has 1 aromatic rings. The Balaban J connectivity index is 3.03. The van der Waals surface area contributed by atoms with E-state index in [1.807, 2.05) is 0 Å². The molecule has 0 aliphatic carbocycles. The molecule has 0 unspecified atom stereocenters. The van der Waals surface area contributed by atoms with E-state index in [4.69, 9.17) is 5.73 Å². The van der Waals surface area contributed by atoms with Crippen LogP contribution in [0.25, 0.3) is 0 Å². The number of rotatable bonds is 7. The first kappa shape index (κ1) is 15.6. The van der Waals surface area contributed by atoms with Crippen LogP contribution in [0.15, 0.2) is 6.33 Å². The van der Waals surface area contributed by atoms with Crippen LogP contribution in [0.3, 0.4) is 0 Å². The Labute approximate surface area is 116 Å². The van der Waals surface area contributed by atoms with Crippen LogP contribution >= 0.6 is 0 Å². The number of anilines is 2. The van der Waals surface area contributed by atoms with Crippen LogP contribution < -0.4 is 16.4 Å². The topological polar surface area (TPSA) is 136 Å². The maximum atomic E-state index is 11.2. The van der Waals surface area contributed by atoms with Crippen molar-refractivity contribution in [3.8, 4) is 0 Å². The number of hydrogen-bond acceptors (Lipinski definition) is 7. The van der Waals surface area contributed by atoms with Gasteiger partial charge in [-0.1, -0.05) is 0 Å². The van der Waals surface area contributed by atoms with E-state index in [1.165, 1.54) is 6.33 Å². The van der Waals surface area contributed by atoms with E-state index in [0.29, 0.717) is 6.54 Å². The highest BCUT2D eigenvalue weighted by Gasteiger charge is 2.28. The summed E-state index contributed by atoms with van der Waals surface area (Å²) < 4.78 is 0. The van der Waals surface area contributed by atoms with Gasteiger partial charge in [-0.05, 0) is 20.8 Å². The van der Waals surface area contributed by atoms with Crippen molar-refractivity contribution in [1.29, 1.82) is 0 Å². The van der Waals surface area contributed by atoms with Gasteiger partial charge in [0.25, 0.3) is 0 Å². The Morgan fingerprint density at radius 2 is 1.95 bits per heavy atom. The maximum absolute atomic E-state index is 11.2. The Morgan fingerprint density at radius 1 is 1.40 bits per heavy atom. The molecule has 1 heterocycles. The SMILES string of the molecule is CCNc1ncnc(NCC(C)(C)C(N)=O)c1[N+](=O)[O-]. The van der Waals surface area contributed by atoms with Crippen molar-refractivity contribution >= 4 is 23.2 Å². The van der Waals surface area contributed by atoms with Crippen LogP contribution in [0.4, 0.5) is 17.3 Å². The van der Waals surface area contributed by atoms with Gasteiger partial charge in [-0.15, -0.1) is 0 Å². The van der Waals surface area contributed by atoms with E-state index in [2.05, 4.69) is 20.6 Å². The summed E-state index contributed by atoms with van der Waals surface area (Å²) in [6.45, 7) is 5.70. The zero-order chi connectivity index (χ0) is 15.3. The summed E-state index contributed by atoms with van der Waals surface area (Å²) in [6.07, 6.45) is 1.21. The fraction of sp³-hybridized carbons (Fsp3) is 0.545. The van der Waals surface area contributed by atoms with Gasteiger partial charge in [-0.25, -0.2) is 9.97 Å². The molecule has 0 aliphatic heterocycles. The summed E-state index contributed by atoms with van der Waals surface area (Å²) in [5.41, 5.74) is 4.15. The molecule has 0 spiro atoms. The molecule has 0 saturated heterocycles.